The molecule has 0 amide bonds. The molecule has 0 radical (unpaired) electrons. The second kappa shape index (κ2) is 4.72. The van der Waals surface area contributed by atoms with Crippen molar-refractivity contribution in [2.45, 2.75) is 47.0 Å². The van der Waals surface area contributed by atoms with Crippen LogP contribution in [0.2, 0.25) is 0 Å². The van der Waals surface area contributed by atoms with E-state index in [1.807, 2.05) is 0 Å². The highest BCUT2D eigenvalue weighted by Gasteiger charge is 2.29. The van der Waals surface area contributed by atoms with Crippen LogP contribution in [0.5, 0.6) is 0 Å². The summed E-state index contributed by atoms with van der Waals surface area (Å²) in [5.74, 6) is 0.742. The van der Waals surface area contributed by atoms with Gasteiger partial charge in [0, 0.05) is 12.2 Å². The van der Waals surface area contributed by atoms with Crippen LogP contribution < -0.4 is 5.32 Å². The zero-order valence-corrected chi connectivity index (χ0v) is 11.6. The second-order valence-electron chi connectivity index (χ2n) is 6.35. The molecular formula is C16H25N. The molecule has 17 heavy (non-hydrogen) atoms. The molecular weight excluding hydrogens is 206 g/mol. The molecule has 1 heteroatoms. The molecule has 1 aromatic rings. The summed E-state index contributed by atoms with van der Waals surface area (Å²) in [5, 5.41) is 3.67. The number of fused-ring (bicyclic) bond motifs is 1. The normalized spacial score (nSPS) is 19.6. The smallest absolute Gasteiger partial charge is 0.0405 e. The number of aryl methyl sites for hydroxylation is 1. The van der Waals surface area contributed by atoms with Gasteiger partial charge in [-0.1, -0.05) is 52.3 Å². The van der Waals surface area contributed by atoms with Crippen molar-refractivity contribution in [2.75, 3.05) is 11.9 Å². The first kappa shape index (κ1) is 12.5. The van der Waals surface area contributed by atoms with Crippen LogP contribution in [0.3, 0.4) is 0 Å². The third kappa shape index (κ3) is 2.65. The molecule has 2 rings (SSSR count). The van der Waals surface area contributed by atoms with E-state index < -0.39 is 0 Å². The Balaban J connectivity index is 2.25. The monoisotopic (exact) mass is 231 g/mol. The van der Waals surface area contributed by atoms with E-state index >= 15 is 0 Å². The van der Waals surface area contributed by atoms with Gasteiger partial charge in [0.15, 0.2) is 0 Å². The average Bonchev–Trinajstić information content (AvgIpc) is 2.28. The lowest BCUT2D eigenvalue weighted by Gasteiger charge is -2.36. The molecule has 1 aromatic carbocycles. The predicted octanol–water partition coefficient (Wildman–Crippen LogP) is 4.27. The Morgan fingerprint density at radius 2 is 2.06 bits per heavy atom. The fourth-order valence-corrected chi connectivity index (χ4v) is 2.70. The van der Waals surface area contributed by atoms with Crippen molar-refractivity contribution in [3.63, 3.8) is 0 Å². The van der Waals surface area contributed by atoms with Gasteiger partial charge < -0.3 is 5.32 Å². The van der Waals surface area contributed by atoms with E-state index in [2.05, 4.69) is 51.2 Å². The molecule has 94 valence electrons. The van der Waals surface area contributed by atoms with Crippen LogP contribution in [0.25, 0.3) is 0 Å². The first-order chi connectivity index (χ1) is 8.02. The highest BCUT2D eigenvalue weighted by molar-refractivity contribution is 5.59. The van der Waals surface area contributed by atoms with E-state index in [1.165, 1.54) is 36.1 Å². The molecule has 0 aliphatic carbocycles. The quantitative estimate of drug-likeness (QED) is 0.801. The lowest BCUT2D eigenvalue weighted by molar-refractivity contribution is 0.247. The third-order valence-electron chi connectivity index (χ3n) is 3.97. The maximum absolute atomic E-state index is 3.67. The third-order valence-corrected chi connectivity index (χ3v) is 3.97. The fourth-order valence-electron chi connectivity index (χ4n) is 2.70. The van der Waals surface area contributed by atoms with Gasteiger partial charge in [-0.25, -0.2) is 0 Å². The Hall–Kier alpha value is -0.980. The predicted molar refractivity (Wildman–Crippen MR) is 75.6 cm³/mol. The van der Waals surface area contributed by atoms with Crippen LogP contribution in [0.1, 0.15) is 45.2 Å². The summed E-state index contributed by atoms with van der Waals surface area (Å²) in [6.45, 7) is 10.4. The van der Waals surface area contributed by atoms with Crippen LogP contribution >= 0.6 is 0 Å². The minimum atomic E-state index is 0.394. The van der Waals surface area contributed by atoms with Crippen LogP contribution in [0, 0.1) is 11.3 Å². The maximum atomic E-state index is 3.67. The zero-order chi connectivity index (χ0) is 12.5. The molecule has 1 N–H and O–H groups in total. The van der Waals surface area contributed by atoms with Crippen molar-refractivity contribution in [3.8, 4) is 0 Å². The summed E-state index contributed by atoms with van der Waals surface area (Å²) in [7, 11) is 0. The van der Waals surface area contributed by atoms with Gasteiger partial charge in [0.1, 0.15) is 0 Å². The van der Waals surface area contributed by atoms with Crippen molar-refractivity contribution >= 4 is 5.69 Å². The minimum absolute atomic E-state index is 0.394. The summed E-state index contributed by atoms with van der Waals surface area (Å²) in [6.07, 6.45) is 3.64. The Labute approximate surface area is 106 Å². The van der Waals surface area contributed by atoms with E-state index in [1.54, 1.807) is 0 Å². The number of hydrogen-bond donors (Lipinski definition) is 1. The van der Waals surface area contributed by atoms with E-state index in [4.69, 9.17) is 0 Å². The SMILES string of the molecule is CCCc1cccc2c1NCC(C(C)(C)C)C2. The number of para-hydroxylation sites is 1. The first-order valence-corrected chi connectivity index (χ1v) is 6.87. The van der Waals surface area contributed by atoms with Crippen molar-refractivity contribution in [3.05, 3.63) is 29.3 Å². The maximum Gasteiger partial charge on any atom is 0.0405 e. The molecule has 0 saturated carbocycles. The van der Waals surface area contributed by atoms with Crippen LogP contribution in [0.15, 0.2) is 18.2 Å². The largest absolute Gasteiger partial charge is 0.384 e. The number of anilines is 1. The van der Waals surface area contributed by atoms with Gasteiger partial charge >= 0.3 is 0 Å². The molecule has 1 aliphatic rings. The number of hydrogen-bond acceptors (Lipinski definition) is 1. The van der Waals surface area contributed by atoms with Gasteiger partial charge in [-0.2, -0.15) is 0 Å². The molecule has 0 saturated heterocycles. The molecule has 0 aromatic heterocycles. The van der Waals surface area contributed by atoms with Crippen molar-refractivity contribution in [2.24, 2.45) is 11.3 Å². The summed E-state index contributed by atoms with van der Waals surface area (Å²) in [5.41, 5.74) is 4.83. The average molecular weight is 231 g/mol. The Kier molecular flexibility index (Phi) is 3.46. The highest BCUT2D eigenvalue weighted by atomic mass is 14.9. The minimum Gasteiger partial charge on any atom is -0.384 e. The molecule has 1 aliphatic heterocycles. The van der Waals surface area contributed by atoms with Crippen LogP contribution in [-0.2, 0) is 12.8 Å². The summed E-state index contributed by atoms with van der Waals surface area (Å²) in [4.78, 5) is 0. The summed E-state index contributed by atoms with van der Waals surface area (Å²) >= 11 is 0. The molecule has 1 nitrogen and oxygen atoms in total. The van der Waals surface area contributed by atoms with E-state index in [9.17, 15) is 0 Å². The van der Waals surface area contributed by atoms with Crippen LogP contribution in [-0.4, -0.2) is 6.54 Å². The highest BCUT2D eigenvalue weighted by Crippen LogP contribution is 2.36. The Bertz CT molecular complexity index is 387. The lowest BCUT2D eigenvalue weighted by Crippen LogP contribution is -2.33. The number of nitrogens with one attached hydrogen (secondary N) is 1. The van der Waals surface area contributed by atoms with Gasteiger partial charge in [0.2, 0.25) is 0 Å². The van der Waals surface area contributed by atoms with E-state index in [0.717, 1.165) is 12.5 Å². The number of benzene rings is 1. The summed E-state index contributed by atoms with van der Waals surface area (Å²) in [6, 6.07) is 6.78. The van der Waals surface area contributed by atoms with Crippen molar-refractivity contribution in [1.82, 2.24) is 0 Å². The van der Waals surface area contributed by atoms with Gasteiger partial charge in [-0.3, -0.25) is 0 Å². The Morgan fingerprint density at radius 1 is 1.29 bits per heavy atom. The molecule has 0 bridgehead atoms. The Morgan fingerprint density at radius 3 is 2.71 bits per heavy atom. The van der Waals surface area contributed by atoms with Crippen molar-refractivity contribution < 1.29 is 0 Å². The van der Waals surface area contributed by atoms with Gasteiger partial charge in [-0.15, -0.1) is 0 Å². The zero-order valence-electron chi connectivity index (χ0n) is 11.6. The first-order valence-electron chi connectivity index (χ1n) is 6.87. The molecule has 1 heterocycles. The number of rotatable bonds is 2. The van der Waals surface area contributed by atoms with Gasteiger partial charge in [-0.05, 0) is 35.3 Å². The topological polar surface area (TPSA) is 12.0 Å². The van der Waals surface area contributed by atoms with E-state index in [0.29, 0.717) is 5.41 Å². The fraction of sp³-hybridized carbons (Fsp3) is 0.625. The van der Waals surface area contributed by atoms with E-state index in [-0.39, 0.29) is 0 Å². The molecule has 1 atom stereocenters. The molecule has 0 fully saturated rings. The molecule has 1 unspecified atom stereocenters. The molecule has 0 spiro atoms. The standard InChI is InChI=1S/C16H25N/c1-5-7-12-8-6-9-13-10-14(16(2,3)4)11-17-15(12)13/h6,8-9,14,17H,5,7,10-11H2,1-4H3. The van der Waals surface area contributed by atoms with Crippen molar-refractivity contribution in [1.29, 1.82) is 0 Å². The second-order valence-corrected chi connectivity index (χ2v) is 6.35. The van der Waals surface area contributed by atoms with Gasteiger partial charge in [0.25, 0.3) is 0 Å². The lowest BCUT2D eigenvalue weighted by atomic mass is 9.75. The van der Waals surface area contributed by atoms with Gasteiger partial charge in [0.05, 0.1) is 0 Å². The summed E-state index contributed by atoms with van der Waals surface area (Å²) < 4.78 is 0. The van der Waals surface area contributed by atoms with Crippen LogP contribution in [0.4, 0.5) is 5.69 Å².